The van der Waals surface area contributed by atoms with Crippen LogP contribution in [0, 0.1) is 0 Å². The number of hydrogen-bond donors (Lipinski definition) is 2. The van der Waals surface area contributed by atoms with E-state index in [-0.39, 0.29) is 0 Å². The smallest absolute Gasteiger partial charge is 0.173 e. The number of aromatic amines is 1. The lowest BCUT2D eigenvalue weighted by Crippen LogP contribution is -2.40. The quantitative estimate of drug-likeness (QED) is 0.661. The van der Waals surface area contributed by atoms with Crippen LogP contribution in [0.3, 0.4) is 0 Å². The third-order valence-corrected chi connectivity index (χ3v) is 5.55. The Kier molecular flexibility index (Phi) is 4.89. The van der Waals surface area contributed by atoms with E-state index in [0.29, 0.717) is 5.92 Å². The maximum atomic E-state index is 5.62. The van der Waals surface area contributed by atoms with Crippen LogP contribution in [0.15, 0.2) is 48.5 Å². The summed E-state index contributed by atoms with van der Waals surface area (Å²) in [5.74, 6) is 1.59. The van der Waals surface area contributed by atoms with Crippen molar-refractivity contribution < 1.29 is 0 Å². The van der Waals surface area contributed by atoms with Gasteiger partial charge in [-0.3, -0.25) is 0 Å². The summed E-state index contributed by atoms with van der Waals surface area (Å²) < 4.78 is 0. The lowest BCUT2D eigenvalue weighted by Gasteiger charge is -2.33. The number of thiocarbonyl (C=S) groups is 1. The molecular weight excluding hydrogens is 340 g/mol. The van der Waals surface area contributed by atoms with E-state index in [4.69, 9.17) is 17.2 Å². The standard InChI is InChI=1S/C21H24N4S/c1-2-15-7-9-17(10-8-15)22-21(26)25-13-11-16(12-14-25)20-23-18-5-3-4-6-19(18)24-20/h3-10,16H,2,11-14H2,1H3,(H,22,26)(H,23,24). The van der Waals surface area contributed by atoms with Gasteiger partial charge in [-0.2, -0.15) is 0 Å². The molecule has 0 radical (unpaired) electrons. The average molecular weight is 365 g/mol. The number of fused-ring (bicyclic) bond motifs is 1. The summed E-state index contributed by atoms with van der Waals surface area (Å²) >= 11 is 5.62. The normalized spacial score (nSPS) is 15.3. The van der Waals surface area contributed by atoms with Crippen molar-refractivity contribution in [3.8, 4) is 0 Å². The Morgan fingerprint density at radius 2 is 1.88 bits per heavy atom. The number of piperidine rings is 1. The zero-order valence-corrected chi connectivity index (χ0v) is 15.9. The minimum atomic E-state index is 0.477. The van der Waals surface area contributed by atoms with Crippen LogP contribution in [0.5, 0.6) is 0 Å². The summed E-state index contributed by atoms with van der Waals surface area (Å²) in [6.07, 6.45) is 3.19. The Labute approximate surface area is 159 Å². The second-order valence-corrected chi connectivity index (χ2v) is 7.27. The number of aromatic nitrogens is 2. The molecule has 2 heterocycles. The molecule has 0 aliphatic carbocycles. The fourth-order valence-electron chi connectivity index (χ4n) is 3.55. The van der Waals surface area contributed by atoms with Crippen LogP contribution in [0.1, 0.15) is 37.1 Å². The van der Waals surface area contributed by atoms with Crippen LogP contribution >= 0.6 is 12.2 Å². The van der Waals surface area contributed by atoms with Gasteiger partial charge in [0.05, 0.1) is 11.0 Å². The maximum Gasteiger partial charge on any atom is 0.173 e. The second-order valence-electron chi connectivity index (χ2n) is 6.88. The topological polar surface area (TPSA) is 44.0 Å². The van der Waals surface area contributed by atoms with Gasteiger partial charge in [0.25, 0.3) is 0 Å². The summed E-state index contributed by atoms with van der Waals surface area (Å²) in [5, 5.41) is 4.19. The number of rotatable bonds is 3. The zero-order chi connectivity index (χ0) is 17.9. The minimum Gasteiger partial charge on any atom is -0.349 e. The van der Waals surface area contributed by atoms with E-state index in [2.05, 4.69) is 58.5 Å². The molecule has 3 aromatic rings. The Bertz CT molecular complexity index is 859. The number of imidazole rings is 1. The summed E-state index contributed by atoms with van der Waals surface area (Å²) in [5.41, 5.74) is 4.58. The molecule has 0 amide bonds. The predicted octanol–water partition coefficient (Wildman–Crippen LogP) is 4.70. The maximum absolute atomic E-state index is 5.62. The minimum absolute atomic E-state index is 0.477. The van der Waals surface area contributed by atoms with E-state index in [1.165, 1.54) is 5.56 Å². The Balaban J connectivity index is 1.35. The van der Waals surface area contributed by atoms with E-state index >= 15 is 0 Å². The number of benzene rings is 2. The van der Waals surface area contributed by atoms with E-state index in [9.17, 15) is 0 Å². The van der Waals surface area contributed by atoms with E-state index in [1.54, 1.807) is 0 Å². The molecule has 134 valence electrons. The molecule has 0 spiro atoms. The molecule has 0 atom stereocenters. The van der Waals surface area contributed by atoms with E-state index < -0.39 is 0 Å². The average Bonchev–Trinajstić information content (AvgIpc) is 3.13. The van der Waals surface area contributed by atoms with Gasteiger partial charge >= 0.3 is 0 Å². The first kappa shape index (κ1) is 17.0. The van der Waals surface area contributed by atoms with E-state index in [1.807, 2.05) is 12.1 Å². The van der Waals surface area contributed by atoms with Crippen molar-refractivity contribution >= 4 is 34.1 Å². The van der Waals surface area contributed by atoms with Gasteiger partial charge in [0.1, 0.15) is 5.82 Å². The first-order valence-electron chi connectivity index (χ1n) is 9.32. The zero-order valence-electron chi connectivity index (χ0n) is 15.0. The molecule has 4 rings (SSSR count). The molecule has 0 saturated carbocycles. The molecule has 1 aliphatic rings. The fraction of sp³-hybridized carbons (Fsp3) is 0.333. The molecule has 4 nitrogen and oxygen atoms in total. The molecule has 1 fully saturated rings. The number of hydrogen-bond acceptors (Lipinski definition) is 2. The van der Waals surface area contributed by atoms with Crippen molar-refractivity contribution in [2.24, 2.45) is 0 Å². The Hall–Kier alpha value is -2.40. The number of aryl methyl sites for hydroxylation is 1. The van der Waals surface area contributed by atoms with Gasteiger partial charge < -0.3 is 15.2 Å². The number of anilines is 1. The molecule has 1 aromatic heterocycles. The van der Waals surface area contributed by atoms with Crippen molar-refractivity contribution in [1.29, 1.82) is 0 Å². The van der Waals surface area contributed by atoms with Gasteiger partial charge in [0.15, 0.2) is 5.11 Å². The molecule has 2 N–H and O–H groups in total. The molecule has 1 saturated heterocycles. The molecule has 1 aliphatic heterocycles. The van der Waals surface area contributed by atoms with Crippen molar-refractivity contribution in [3.63, 3.8) is 0 Å². The lowest BCUT2D eigenvalue weighted by molar-refractivity contribution is 0.311. The molecular formula is C21H24N4S. The van der Waals surface area contributed by atoms with Gasteiger partial charge in [0.2, 0.25) is 0 Å². The van der Waals surface area contributed by atoms with Crippen LogP contribution in [-0.2, 0) is 6.42 Å². The number of H-pyrrole nitrogens is 1. The monoisotopic (exact) mass is 364 g/mol. The highest BCUT2D eigenvalue weighted by Crippen LogP contribution is 2.28. The van der Waals surface area contributed by atoms with Crippen molar-refractivity contribution in [1.82, 2.24) is 14.9 Å². The number of likely N-dealkylation sites (tertiary alicyclic amines) is 1. The van der Waals surface area contributed by atoms with Crippen molar-refractivity contribution in [2.75, 3.05) is 18.4 Å². The van der Waals surface area contributed by atoms with Gasteiger partial charge in [0, 0.05) is 24.7 Å². The van der Waals surface area contributed by atoms with Gasteiger partial charge in [-0.25, -0.2) is 4.98 Å². The van der Waals surface area contributed by atoms with E-state index in [0.717, 1.165) is 60.0 Å². The summed E-state index contributed by atoms with van der Waals surface area (Å²) in [6, 6.07) is 16.7. The van der Waals surface area contributed by atoms with Crippen LogP contribution in [0.25, 0.3) is 11.0 Å². The van der Waals surface area contributed by atoms with Crippen LogP contribution in [-0.4, -0.2) is 33.1 Å². The fourth-order valence-corrected chi connectivity index (χ4v) is 3.85. The first-order valence-corrected chi connectivity index (χ1v) is 9.73. The second kappa shape index (κ2) is 7.46. The molecule has 5 heteroatoms. The number of para-hydroxylation sites is 2. The predicted molar refractivity (Wildman–Crippen MR) is 112 cm³/mol. The van der Waals surface area contributed by atoms with Crippen molar-refractivity contribution in [3.05, 3.63) is 59.9 Å². The SMILES string of the molecule is CCc1ccc(NC(=S)N2CCC(c3nc4ccccc4[nH]3)CC2)cc1. The Morgan fingerprint density at radius 1 is 1.15 bits per heavy atom. The summed E-state index contributed by atoms with van der Waals surface area (Å²) in [7, 11) is 0. The first-order chi connectivity index (χ1) is 12.7. The third-order valence-electron chi connectivity index (χ3n) is 5.19. The number of nitrogens with one attached hydrogen (secondary N) is 2. The molecule has 2 aromatic carbocycles. The Morgan fingerprint density at radius 3 is 2.58 bits per heavy atom. The molecule has 0 unspecified atom stereocenters. The summed E-state index contributed by atoms with van der Waals surface area (Å²) in [4.78, 5) is 10.5. The highest BCUT2D eigenvalue weighted by molar-refractivity contribution is 7.80. The highest BCUT2D eigenvalue weighted by atomic mass is 32.1. The van der Waals surface area contributed by atoms with Gasteiger partial charge in [-0.1, -0.05) is 31.2 Å². The van der Waals surface area contributed by atoms with Crippen LogP contribution in [0.2, 0.25) is 0 Å². The van der Waals surface area contributed by atoms with Crippen molar-refractivity contribution in [2.45, 2.75) is 32.1 Å². The molecule has 26 heavy (non-hydrogen) atoms. The lowest BCUT2D eigenvalue weighted by atomic mass is 9.96. The highest BCUT2D eigenvalue weighted by Gasteiger charge is 2.24. The van der Waals surface area contributed by atoms with Gasteiger partial charge in [-0.15, -0.1) is 0 Å². The third kappa shape index (κ3) is 3.58. The van der Waals surface area contributed by atoms with Crippen LogP contribution in [0.4, 0.5) is 5.69 Å². The molecule has 0 bridgehead atoms. The van der Waals surface area contributed by atoms with Crippen LogP contribution < -0.4 is 5.32 Å². The summed E-state index contributed by atoms with van der Waals surface area (Å²) in [6.45, 7) is 4.08. The largest absolute Gasteiger partial charge is 0.349 e. The number of nitrogens with zero attached hydrogens (tertiary/aromatic N) is 2. The van der Waals surface area contributed by atoms with Gasteiger partial charge in [-0.05, 0) is 61.3 Å².